The summed E-state index contributed by atoms with van der Waals surface area (Å²) < 4.78 is 18.3. The maximum atomic E-state index is 13.4. The maximum absolute atomic E-state index is 13.4. The van der Waals surface area contributed by atoms with Crippen molar-refractivity contribution in [1.82, 2.24) is 10.3 Å². The van der Waals surface area contributed by atoms with Crippen LogP contribution in [0.1, 0.15) is 15.9 Å². The molecule has 0 aliphatic heterocycles. The molecule has 0 aliphatic carbocycles. The molecule has 1 aromatic carbocycles. The van der Waals surface area contributed by atoms with Gasteiger partial charge in [-0.25, -0.2) is 9.37 Å². The van der Waals surface area contributed by atoms with Gasteiger partial charge in [-0.1, -0.05) is 18.2 Å². The Hall–Kier alpha value is -2.43. The first kappa shape index (κ1) is 13.0. The number of carbonyl (C=O) groups excluding carboxylic acids is 1. The molecule has 0 spiro atoms. The van der Waals surface area contributed by atoms with Crippen molar-refractivity contribution in [3.8, 4) is 5.88 Å². The fourth-order valence-corrected chi connectivity index (χ4v) is 1.56. The molecular weight excluding hydrogens is 247 g/mol. The van der Waals surface area contributed by atoms with Gasteiger partial charge in [0.25, 0.3) is 5.91 Å². The van der Waals surface area contributed by atoms with Crippen LogP contribution in [0.2, 0.25) is 0 Å². The van der Waals surface area contributed by atoms with Crippen LogP contribution in [0.4, 0.5) is 4.39 Å². The smallest absolute Gasteiger partial charge is 0.254 e. The number of nitrogens with one attached hydrogen (secondary N) is 1. The first-order valence-electron chi connectivity index (χ1n) is 5.72. The van der Waals surface area contributed by atoms with Gasteiger partial charge in [0.05, 0.1) is 12.7 Å². The third kappa shape index (κ3) is 3.28. The highest BCUT2D eigenvalue weighted by molar-refractivity contribution is 5.94. The van der Waals surface area contributed by atoms with E-state index in [1.807, 2.05) is 0 Å². The van der Waals surface area contributed by atoms with Gasteiger partial charge in [-0.05, 0) is 17.7 Å². The molecule has 1 amide bonds. The SMILES string of the molecule is COc1ccc(CNC(=O)c2ccccc2F)cn1. The summed E-state index contributed by atoms with van der Waals surface area (Å²) in [7, 11) is 1.53. The minimum Gasteiger partial charge on any atom is -0.481 e. The maximum Gasteiger partial charge on any atom is 0.254 e. The largest absolute Gasteiger partial charge is 0.481 e. The molecule has 5 heteroatoms. The van der Waals surface area contributed by atoms with Crippen molar-refractivity contribution in [1.29, 1.82) is 0 Å². The lowest BCUT2D eigenvalue weighted by atomic mass is 10.2. The highest BCUT2D eigenvalue weighted by atomic mass is 19.1. The van der Waals surface area contributed by atoms with E-state index in [1.54, 1.807) is 30.5 Å². The highest BCUT2D eigenvalue weighted by Gasteiger charge is 2.10. The number of methoxy groups -OCH3 is 1. The quantitative estimate of drug-likeness (QED) is 0.916. The topological polar surface area (TPSA) is 51.2 Å². The Bertz CT molecular complexity index is 570. The summed E-state index contributed by atoms with van der Waals surface area (Å²) in [6, 6.07) is 9.34. The molecule has 0 saturated heterocycles. The summed E-state index contributed by atoms with van der Waals surface area (Å²) >= 11 is 0. The Labute approximate surface area is 110 Å². The second-order valence-corrected chi connectivity index (χ2v) is 3.87. The van der Waals surface area contributed by atoms with Gasteiger partial charge < -0.3 is 10.1 Å². The number of aromatic nitrogens is 1. The fraction of sp³-hybridized carbons (Fsp3) is 0.143. The minimum atomic E-state index is -0.534. The number of benzene rings is 1. The Morgan fingerprint density at radius 2 is 2.11 bits per heavy atom. The van der Waals surface area contributed by atoms with Gasteiger partial charge in [0.15, 0.2) is 0 Å². The average molecular weight is 260 g/mol. The van der Waals surface area contributed by atoms with Crippen LogP contribution in [0.25, 0.3) is 0 Å². The Morgan fingerprint density at radius 1 is 1.32 bits per heavy atom. The van der Waals surface area contributed by atoms with Crippen LogP contribution >= 0.6 is 0 Å². The lowest BCUT2D eigenvalue weighted by Crippen LogP contribution is -2.23. The number of carbonyl (C=O) groups is 1. The Morgan fingerprint density at radius 3 is 2.74 bits per heavy atom. The van der Waals surface area contributed by atoms with Crippen LogP contribution in [0.15, 0.2) is 42.6 Å². The molecule has 2 aromatic rings. The van der Waals surface area contributed by atoms with E-state index < -0.39 is 11.7 Å². The van der Waals surface area contributed by atoms with Crippen molar-refractivity contribution < 1.29 is 13.9 Å². The van der Waals surface area contributed by atoms with E-state index in [9.17, 15) is 9.18 Å². The molecular formula is C14H13FN2O2. The lowest BCUT2D eigenvalue weighted by Gasteiger charge is -2.06. The number of rotatable bonds is 4. The van der Waals surface area contributed by atoms with E-state index in [1.165, 1.54) is 19.2 Å². The van der Waals surface area contributed by atoms with Crippen molar-refractivity contribution in [3.63, 3.8) is 0 Å². The Kier molecular flexibility index (Phi) is 4.07. The zero-order valence-corrected chi connectivity index (χ0v) is 10.4. The highest BCUT2D eigenvalue weighted by Crippen LogP contribution is 2.08. The molecule has 1 aromatic heterocycles. The molecule has 4 nitrogen and oxygen atoms in total. The second-order valence-electron chi connectivity index (χ2n) is 3.87. The predicted molar refractivity (Wildman–Crippen MR) is 68.4 cm³/mol. The van der Waals surface area contributed by atoms with Crippen molar-refractivity contribution in [2.45, 2.75) is 6.54 Å². The molecule has 1 N–H and O–H groups in total. The van der Waals surface area contributed by atoms with E-state index in [4.69, 9.17) is 4.74 Å². The zero-order chi connectivity index (χ0) is 13.7. The molecule has 2 rings (SSSR count). The van der Waals surface area contributed by atoms with Gasteiger partial charge in [-0.3, -0.25) is 4.79 Å². The molecule has 0 saturated carbocycles. The lowest BCUT2D eigenvalue weighted by molar-refractivity contribution is 0.0947. The number of ether oxygens (including phenoxy) is 1. The van der Waals surface area contributed by atoms with E-state index in [2.05, 4.69) is 10.3 Å². The minimum absolute atomic E-state index is 0.0315. The van der Waals surface area contributed by atoms with Crippen LogP contribution in [0, 0.1) is 5.82 Å². The summed E-state index contributed by atoms with van der Waals surface area (Å²) in [4.78, 5) is 15.8. The number of nitrogens with zero attached hydrogens (tertiary/aromatic N) is 1. The summed E-state index contributed by atoms with van der Waals surface area (Å²) in [5.74, 6) is -0.481. The molecule has 98 valence electrons. The normalized spacial score (nSPS) is 10.0. The first-order valence-corrected chi connectivity index (χ1v) is 5.72. The summed E-state index contributed by atoms with van der Waals surface area (Å²) in [5, 5.41) is 2.63. The molecule has 0 aliphatic rings. The van der Waals surface area contributed by atoms with Crippen LogP contribution in [0.5, 0.6) is 5.88 Å². The first-order chi connectivity index (χ1) is 9.20. The van der Waals surface area contributed by atoms with Gasteiger partial charge in [0, 0.05) is 18.8 Å². The van der Waals surface area contributed by atoms with E-state index in [-0.39, 0.29) is 12.1 Å². The molecule has 0 unspecified atom stereocenters. The van der Waals surface area contributed by atoms with E-state index >= 15 is 0 Å². The van der Waals surface area contributed by atoms with Crippen LogP contribution in [-0.2, 0) is 6.54 Å². The third-order valence-corrected chi connectivity index (χ3v) is 2.58. The number of hydrogen-bond acceptors (Lipinski definition) is 3. The number of halogens is 1. The van der Waals surface area contributed by atoms with Crippen molar-refractivity contribution in [3.05, 3.63) is 59.5 Å². The average Bonchev–Trinajstić information content (AvgIpc) is 2.46. The zero-order valence-electron chi connectivity index (χ0n) is 10.4. The van der Waals surface area contributed by atoms with Crippen LogP contribution in [0.3, 0.4) is 0 Å². The second kappa shape index (κ2) is 5.95. The number of pyridine rings is 1. The standard InChI is InChI=1S/C14H13FN2O2/c1-19-13-7-6-10(8-16-13)9-17-14(18)11-4-2-3-5-12(11)15/h2-8H,9H2,1H3,(H,17,18). The summed E-state index contributed by atoms with van der Waals surface area (Å²) in [6.07, 6.45) is 1.60. The Balaban J connectivity index is 1.98. The van der Waals surface area contributed by atoms with Crippen LogP contribution < -0.4 is 10.1 Å². The van der Waals surface area contributed by atoms with Crippen molar-refractivity contribution in [2.75, 3.05) is 7.11 Å². The van der Waals surface area contributed by atoms with Crippen molar-refractivity contribution >= 4 is 5.91 Å². The molecule has 0 fully saturated rings. The molecule has 0 atom stereocenters. The summed E-state index contributed by atoms with van der Waals surface area (Å²) in [5.41, 5.74) is 0.842. The molecule has 1 heterocycles. The van der Waals surface area contributed by atoms with Gasteiger partial charge >= 0.3 is 0 Å². The van der Waals surface area contributed by atoms with Crippen molar-refractivity contribution in [2.24, 2.45) is 0 Å². The number of amides is 1. The monoisotopic (exact) mass is 260 g/mol. The summed E-state index contributed by atoms with van der Waals surface area (Å²) in [6.45, 7) is 0.282. The third-order valence-electron chi connectivity index (χ3n) is 2.58. The van der Waals surface area contributed by atoms with E-state index in [0.717, 1.165) is 5.56 Å². The fourth-order valence-electron chi connectivity index (χ4n) is 1.56. The number of hydrogen-bond donors (Lipinski definition) is 1. The van der Waals surface area contributed by atoms with E-state index in [0.29, 0.717) is 5.88 Å². The molecule has 0 radical (unpaired) electrons. The van der Waals surface area contributed by atoms with Gasteiger partial charge in [0.2, 0.25) is 5.88 Å². The molecule has 19 heavy (non-hydrogen) atoms. The molecule has 0 bridgehead atoms. The van der Waals surface area contributed by atoms with Gasteiger partial charge in [-0.15, -0.1) is 0 Å². The predicted octanol–water partition coefficient (Wildman–Crippen LogP) is 2.16. The van der Waals surface area contributed by atoms with Crippen LogP contribution in [-0.4, -0.2) is 18.0 Å². The van der Waals surface area contributed by atoms with Gasteiger partial charge in [0.1, 0.15) is 5.82 Å². The van der Waals surface area contributed by atoms with Gasteiger partial charge in [-0.2, -0.15) is 0 Å².